The van der Waals surface area contributed by atoms with Crippen LogP contribution in [0.4, 0.5) is 13.2 Å². The molecule has 0 bridgehead atoms. The Kier molecular flexibility index (Phi) is 3.34. The van der Waals surface area contributed by atoms with Crippen LogP contribution in [-0.4, -0.2) is 9.55 Å². The number of halogens is 3. The van der Waals surface area contributed by atoms with Gasteiger partial charge in [0.15, 0.2) is 5.82 Å². The molecule has 0 amide bonds. The minimum absolute atomic E-state index is 0.0948. The number of hydrogen-bond acceptors (Lipinski definition) is 1. The quantitative estimate of drug-likeness (QED) is 0.501. The number of aromatic nitrogens is 2. The fourth-order valence-corrected chi connectivity index (χ4v) is 2.79. The highest BCUT2D eigenvalue weighted by molar-refractivity contribution is 5.83. The lowest BCUT2D eigenvalue weighted by atomic mass is 10.1. The summed E-state index contributed by atoms with van der Waals surface area (Å²) >= 11 is 0. The summed E-state index contributed by atoms with van der Waals surface area (Å²) in [4.78, 5) is 4.37. The number of hydrogen-bond donors (Lipinski definition) is 0. The largest absolute Gasteiger partial charge is 0.292 e. The summed E-state index contributed by atoms with van der Waals surface area (Å²) in [6.45, 7) is 0. The summed E-state index contributed by atoms with van der Waals surface area (Å²) < 4.78 is 43.5. The van der Waals surface area contributed by atoms with Crippen LogP contribution in [0.2, 0.25) is 0 Å². The molecule has 5 heteroatoms. The molecule has 0 unspecified atom stereocenters. The van der Waals surface area contributed by atoms with Crippen LogP contribution < -0.4 is 0 Å². The second-order valence-electron chi connectivity index (χ2n) is 5.34. The first-order chi connectivity index (χ1) is 11.6. The molecule has 0 atom stereocenters. The highest BCUT2D eigenvalue weighted by atomic mass is 19.1. The van der Waals surface area contributed by atoms with Crippen molar-refractivity contribution >= 4 is 11.0 Å². The van der Waals surface area contributed by atoms with Crippen LogP contribution in [0.1, 0.15) is 0 Å². The topological polar surface area (TPSA) is 17.8 Å². The Morgan fingerprint density at radius 1 is 0.750 bits per heavy atom. The molecule has 24 heavy (non-hydrogen) atoms. The Hall–Kier alpha value is -3.08. The Morgan fingerprint density at radius 2 is 1.38 bits per heavy atom. The molecule has 0 aliphatic carbocycles. The lowest BCUT2D eigenvalue weighted by Crippen LogP contribution is -2.01. The third kappa shape index (κ3) is 2.25. The van der Waals surface area contributed by atoms with Crippen LogP contribution >= 0.6 is 0 Å². The van der Waals surface area contributed by atoms with E-state index in [4.69, 9.17) is 0 Å². The number of nitrogens with zero attached hydrogens (tertiary/aromatic N) is 2. The first-order valence-corrected chi connectivity index (χ1v) is 7.33. The van der Waals surface area contributed by atoms with Gasteiger partial charge in [-0.2, -0.15) is 0 Å². The lowest BCUT2D eigenvalue weighted by Gasteiger charge is -2.10. The number of imidazole rings is 1. The molecular formula is C19H11F3N2. The molecule has 0 radical (unpaired) electrons. The normalized spacial score (nSPS) is 11.1. The minimum atomic E-state index is -0.986. The molecular weight excluding hydrogens is 313 g/mol. The van der Waals surface area contributed by atoms with Crippen LogP contribution in [0, 0.1) is 17.5 Å². The van der Waals surface area contributed by atoms with E-state index in [1.165, 1.54) is 0 Å². The third-order valence-electron chi connectivity index (χ3n) is 3.81. The van der Waals surface area contributed by atoms with Crippen molar-refractivity contribution in [2.24, 2.45) is 0 Å². The maximum Gasteiger partial charge on any atom is 0.151 e. The molecule has 4 rings (SSSR count). The van der Waals surface area contributed by atoms with Crippen molar-refractivity contribution in [3.8, 4) is 17.1 Å². The van der Waals surface area contributed by atoms with Gasteiger partial charge in [0.25, 0.3) is 0 Å². The zero-order valence-corrected chi connectivity index (χ0v) is 12.4. The van der Waals surface area contributed by atoms with Crippen molar-refractivity contribution in [2.45, 2.75) is 0 Å². The van der Waals surface area contributed by atoms with E-state index in [-0.39, 0.29) is 11.4 Å². The highest BCUT2D eigenvalue weighted by Gasteiger charge is 2.21. The van der Waals surface area contributed by atoms with Crippen molar-refractivity contribution in [3.63, 3.8) is 0 Å². The number of benzene rings is 3. The van der Waals surface area contributed by atoms with Gasteiger partial charge in [-0.1, -0.05) is 30.3 Å². The molecule has 2 nitrogen and oxygen atoms in total. The van der Waals surface area contributed by atoms with Crippen molar-refractivity contribution < 1.29 is 13.2 Å². The monoisotopic (exact) mass is 324 g/mol. The maximum atomic E-state index is 14.3. The lowest BCUT2D eigenvalue weighted by molar-refractivity contribution is 0.546. The molecule has 0 aliphatic rings. The van der Waals surface area contributed by atoms with Gasteiger partial charge in [-0.05, 0) is 24.3 Å². The van der Waals surface area contributed by atoms with Crippen molar-refractivity contribution in [1.29, 1.82) is 0 Å². The number of rotatable bonds is 2. The van der Waals surface area contributed by atoms with Gasteiger partial charge in [-0.25, -0.2) is 18.2 Å². The molecule has 0 spiro atoms. The average Bonchev–Trinajstić information content (AvgIpc) is 2.93. The highest BCUT2D eigenvalue weighted by Crippen LogP contribution is 2.32. The second kappa shape index (κ2) is 5.53. The summed E-state index contributed by atoms with van der Waals surface area (Å²) in [5, 5.41) is 0. The van der Waals surface area contributed by atoms with Gasteiger partial charge in [0.05, 0.1) is 16.6 Å². The van der Waals surface area contributed by atoms with Crippen LogP contribution in [0.15, 0.2) is 66.7 Å². The Balaban J connectivity index is 2.10. The van der Waals surface area contributed by atoms with E-state index in [2.05, 4.69) is 4.98 Å². The van der Waals surface area contributed by atoms with E-state index in [1.54, 1.807) is 16.7 Å². The van der Waals surface area contributed by atoms with Gasteiger partial charge < -0.3 is 0 Å². The predicted octanol–water partition coefficient (Wildman–Crippen LogP) is 5.11. The smallest absolute Gasteiger partial charge is 0.151 e. The van der Waals surface area contributed by atoms with Crippen LogP contribution in [0.5, 0.6) is 0 Å². The zero-order chi connectivity index (χ0) is 16.7. The van der Waals surface area contributed by atoms with E-state index in [0.717, 1.165) is 0 Å². The molecule has 0 fully saturated rings. The van der Waals surface area contributed by atoms with E-state index in [9.17, 15) is 13.2 Å². The fraction of sp³-hybridized carbons (Fsp3) is 0. The summed E-state index contributed by atoms with van der Waals surface area (Å²) in [5.74, 6) is -2.84. The first kappa shape index (κ1) is 14.5. The van der Waals surface area contributed by atoms with Crippen LogP contribution in [0.25, 0.3) is 28.1 Å². The molecule has 1 aromatic heterocycles. The van der Waals surface area contributed by atoms with Gasteiger partial charge in [-0.15, -0.1) is 0 Å². The Morgan fingerprint density at radius 3 is 2.08 bits per heavy atom. The summed E-state index contributed by atoms with van der Waals surface area (Å²) in [6, 6.07) is 17.7. The van der Waals surface area contributed by atoms with Gasteiger partial charge in [0.1, 0.15) is 17.5 Å². The van der Waals surface area contributed by atoms with E-state index in [1.807, 2.05) is 42.5 Å². The van der Waals surface area contributed by atoms with Crippen LogP contribution in [0.3, 0.4) is 0 Å². The Bertz CT molecular complexity index is 1020. The number of para-hydroxylation sites is 3. The molecule has 0 saturated heterocycles. The first-order valence-electron chi connectivity index (χ1n) is 7.33. The standard InChI is InChI=1S/C19H11F3N2/c20-12-10-14(21)18(15(22)11-12)19-23-16-8-4-5-9-17(16)24(19)13-6-2-1-3-7-13/h1-11H. The average molecular weight is 324 g/mol. The second-order valence-corrected chi connectivity index (χ2v) is 5.34. The fourth-order valence-electron chi connectivity index (χ4n) is 2.79. The molecule has 0 saturated carbocycles. The minimum Gasteiger partial charge on any atom is -0.292 e. The van der Waals surface area contributed by atoms with Crippen molar-refractivity contribution in [1.82, 2.24) is 9.55 Å². The SMILES string of the molecule is Fc1cc(F)c(-c2nc3ccccc3n2-c2ccccc2)c(F)c1. The van der Waals surface area contributed by atoms with E-state index in [0.29, 0.717) is 28.9 Å². The van der Waals surface area contributed by atoms with Crippen molar-refractivity contribution in [3.05, 3.63) is 84.2 Å². The van der Waals surface area contributed by atoms with Crippen LogP contribution in [-0.2, 0) is 0 Å². The van der Waals surface area contributed by atoms with Crippen molar-refractivity contribution in [2.75, 3.05) is 0 Å². The summed E-state index contributed by atoms with van der Waals surface area (Å²) in [7, 11) is 0. The number of fused-ring (bicyclic) bond motifs is 1. The third-order valence-corrected chi connectivity index (χ3v) is 3.81. The molecule has 4 aromatic rings. The van der Waals surface area contributed by atoms with E-state index < -0.39 is 17.5 Å². The molecule has 3 aromatic carbocycles. The van der Waals surface area contributed by atoms with Gasteiger partial charge in [-0.3, -0.25) is 4.57 Å². The van der Waals surface area contributed by atoms with Gasteiger partial charge >= 0.3 is 0 Å². The molecule has 0 aliphatic heterocycles. The summed E-state index contributed by atoms with van der Waals surface area (Å²) in [6.07, 6.45) is 0. The van der Waals surface area contributed by atoms with Gasteiger partial charge in [0.2, 0.25) is 0 Å². The molecule has 0 N–H and O–H groups in total. The van der Waals surface area contributed by atoms with E-state index >= 15 is 0 Å². The Labute approximate surface area is 135 Å². The van der Waals surface area contributed by atoms with Gasteiger partial charge in [0, 0.05) is 17.8 Å². The summed E-state index contributed by atoms with van der Waals surface area (Å²) in [5.41, 5.74) is 1.67. The molecule has 1 heterocycles. The zero-order valence-electron chi connectivity index (χ0n) is 12.4. The predicted molar refractivity (Wildman–Crippen MR) is 86.4 cm³/mol. The maximum absolute atomic E-state index is 14.3. The molecule has 118 valence electrons.